The summed E-state index contributed by atoms with van der Waals surface area (Å²) in [7, 11) is 1.63. The number of aromatic nitrogens is 2. The highest BCUT2D eigenvalue weighted by molar-refractivity contribution is 5.79. The number of carbonyl (C=O) groups is 1. The lowest BCUT2D eigenvalue weighted by atomic mass is 9.81. The van der Waals surface area contributed by atoms with Gasteiger partial charge >= 0.3 is 0 Å². The van der Waals surface area contributed by atoms with Gasteiger partial charge in [-0.25, -0.2) is 0 Å². The number of hydrogen-bond donors (Lipinski definition) is 0. The van der Waals surface area contributed by atoms with Crippen molar-refractivity contribution in [3.05, 3.63) is 71.9 Å². The Balaban J connectivity index is 1.38. The molecule has 0 radical (unpaired) electrons. The molecular formula is C24H27N3O4. The van der Waals surface area contributed by atoms with E-state index >= 15 is 0 Å². The van der Waals surface area contributed by atoms with Crippen LogP contribution in [0.4, 0.5) is 0 Å². The topological polar surface area (TPSA) is 77.7 Å². The zero-order valence-corrected chi connectivity index (χ0v) is 17.9. The predicted octanol–water partition coefficient (Wildman–Crippen LogP) is 3.78. The fourth-order valence-corrected chi connectivity index (χ4v) is 3.89. The van der Waals surface area contributed by atoms with Crippen LogP contribution in [0.25, 0.3) is 0 Å². The molecule has 0 spiro atoms. The third kappa shape index (κ3) is 5.05. The zero-order chi connectivity index (χ0) is 21.7. The van der Waals surface area contributed by atoms with Crippen LogP contribution < -0.4 is 9.47 Å². The maximum absolute atomic E-state index is 12.9. The number of methoxy groups -OCH3 is 1. The largest absolute Gasteiger partial charge is 0.497 e. The van der Waals surface area contributed by atoms with Crippen molar-refractivity contribution in [3.8, 4) is 11.5 Å². The molecule has 3 aromatic rings. The van der Waals surface area contributed by atoms with E-state index in [4.69, 9.17) is 14.0 Å². The first kappa shape index (κ1) is 20.9. The summed E-state index contributed by atoms with van der Waals surface area (Å²) < 4.78 is 16.3. The Morgan fingerprint density at radius 1 is 1.13 bits per heavy atom. The van der Waals surface area contributed by atoms with E-state index in [9.17, 15) is 4.79 Å². The highest BCUT2D eigenvalue weighted by Gasteiger charge is 2.38. The van der Waals surface area contributed by atoms with Gasteiger partial charge in [-0.15, -0.1) is 0 Å². The highest BCUT2D eigenvalue weighted by Crippen LogP contribution is 2.32. The first-order valence-corrected chi connectivity index (χ1v) is 10.5. The molecule has 7 nitrogen and oxygen atoms in total. The van der Waals surface area contributed by atoms with Gasteiger partial charge in [0.05, 0.1) is 13.5 Å². The van der Waals surface area contributed by atoms with Gasteiger partial charge in [0.2, 0.25) is 5.91 Å². The maximum Gasteiger partial charge on any atom is 0.264 e. The Kier molecular flexibility index (Phi) is 6.21. The minimum Gasteiger partial charge on any atom is -0.497 e. The summed E-state index contributed by atoms with van der Waals surface area (Å²) in [4.78, 5) is 19.4. The van der Waals surface area contributed by atoms with E-state index in [-0.39, 0.29) is 17.9 Å². The van der Waals surface area contributed by atoms with Crippen LogP contribution in [0.2, 0.25) is 0 Å². The molecule has 1 aromatic heterocycles. The van der Waals surface area contributed by atoms with Gasteiger partial charge in [0.15, 0.2) is 12.4 Å². The van der Waals surface area contributed by atoms with Crippen molar-refractivity contribution in [2.24, 2.45) is 0 Å². The van der Waals surface area contributed by atoms with Crippen molar-refractivity contribution in [3.63, 3.8) is 0 Å². The highest BCUT2D eigenvalue weighted by atomic mass is 16.5. The number of benzene rings is 2. The molecule has 2 aromatic carbocycles. The van der Waals surface area contributed by atoms with Gasteiger partial charge in [-0.1, -0.05) is 42.4 Å². The molecule has 1 unspecified atom stereocenters. The van der Waals surface area contributed by atoms with Crippen LogP contribution in [0, 0.1) is 0 Å². The van der Waals surface area contributed by atoms with Crippen LogP contribution in [0.5, 0.6) is 11.5 Å². The second-order valence-corrected chi connectivity index (χ2v) is 8.12. The van der Waals surface area contributed by atoms with E-state index < -0.39 is 0 Å². The number of para-hydroxylation sites is 1. The lowest BCUT2D eigenvalue weighted by Gasteiger charge is -2.38. The second kappa shape index (κ2) is 9.20. The average molecular weight is 421 g/mol. The molecule has 1 aliphatic rings. The normalized spacial score (nSPS) is 18.6. The molecular weight excluding hydrogens is 394 g/mol. The third-order valence-electron chi connectivity index (χ3n) is 5.68. The predicted molar refractivity (Wildman–Crippen MR) is 115 cm³/mol. The molecule has 2 heterocycles. The third-order valence-corrected chi connectivity index (χ3v) is 5.68. The fraction of sp³-hybridized carbons (Fsp3) is 0.375. The number of piperidine rings is 1. The van der Waals surface area contributed by atoms with Crippen LogP contribution in [0.15, 0.2) is 59.1 Å². The van der Waals surface area contributed by atoms with Gasteiger partial charge < -0.3 is 18.9 Å². The number of amides is 1. The molecule has 31 heavy (non-hydrogen) atoms. The first-order valence-electron chi connectivity index (χ1n) is 10.5. The van der Waals surface area contributed by atoms with Gasteiger partial charge in [-0.3, -0.25) is 4.79 Å². The van der Waals surface area contributed by atoms with Crippen LogP contribution in [0.3, 0.4) is 0 Å². The Hall–Kier alpha value is -3.35. The fourth-order valence-electron chi connectivity index (χ4n) is 3.89. The molecule has 0 bridgehead atoms. The van der Waals surface area contributed by atoms with Gasteiger partial charge in [-0.05, 0) is 42.7 Å². The summed E-state index contributed by atoms with van der Waals surface area (Å²) in [6.07, 6.45) is 2.16. The number of hydrogen-bond acceptors (Lipinski definition) is 6. The molecule has 0 N–H and O–H groups in total. The van der Waals surface area contributed by atoms with Crippen molar-refractivity contribution in [1.29, 1.82) is 0 Å². The van der Waals surface area contributed by atoms with E-state index in [1.54, 1.807) is 7.11 Å². The van der Waals surface area contributed by atoms with Crippen molar-refractivity contribution in [1.82, 2.24) is 15.0 Å². The van der Waals surface area contributed by atoms with E-state index in [0.29, 0.717) is 24.7 Å². The van der Waals surface area contributed by atoms with Crippen LogP contribution in [-0.4, -0.2) is 41.1 Å². The summed E-state index contributed by atoms with van der Waals surface area (Å²) in [6, 6.07) is 17.1. The van der Waals surface area contributed by atoms with E-state index in [2.05, 4.69) is 17.1 Å². The molecule has 0 saturated carbocycles. The summed E-state index contributed by atoms with van der Waals surface area (Å²) in [5.74, 6) is 2.70. The lowest BCUT2D eigenvalue weighted by Crippen LogP contribution is -2.48. The monoisotopic (exact) mass is 421 g/mol. The number of rotatable bonds is 7. The van der Waals surface area contributed by atoms with E-state index in [1.807, 2.05) is 59.5 Å². The van der Waals surface area contributed by atoms with Crippen molar-refractivity contribution in [2.75, 3.05) is 20.2 Å². The smallest absolute Gasteiger partial charge is 0.264 e. The minimum absolute atomic E-state index is 0.104. The number of ether oxygens (including phenoxy) is 2. The quantitative estimate of drug-likeness (QED) is 0.578. The van der Waals surface area contributed by atoms with Crippen LogP contribution in [0.1, 0.15) is 37.0 Å². The average Bonchev–Trinajstić information content (AvgIpc) is 3.29. The number of carbonyl (C=O) groups excluding carboxylic acids is 1. The molecule has 1 fully saturated rings. The summed E-state index contributed by atoms with van der Waals surface area (Å²) in [6.45, 7) is 3.62. The molecule has 1 atom stereocenters. The molecule has 1 amide bonds. The zero-order valence-electron chi connectivity index (χ0n) is 17.9. The van der Waals surface area contributed by atoms with Gasteiger partial charge in [0.25, 0.3) is 5.89 Å². The van der Waals surface area contributed by atoms with Gasteiger partial charge in [0, 0.05) is 18.5 Å². The Labute approximate surface area is 182 Å². The molecule has 7 heteroatoms. The van der Waals surface area contributed by atoms with Gasteiger partial charge in [-0.2, -0.15) is 4.98 Å². The molecule has 1 aliphatic heterocycles. The number of nitrogens with zero attached hydrogens (tertiary/aromatic N) is 3. The SMILES string of the molecule is COc1ccc(CC(=O)N2CCCC(C)(c3noc(COc4ccccc4)n3)C2)cc1. The van der Waals surface area contributed by atoms with Crippen molar-refractivity contribution < 1.29 is 18.8 Å². The van der Waals surface area contributed by atoms with Crippen molar-refractivity contribution in [2.45, 2.75) is 38.2 Å². The van der Waals surface area contributed by atoms with Crippen LogP contribution in [-0.2, 0) is 23.2 Å². The van der Waals surface area contributed by atoms with E-state index in [1.165, 1.54) is 0 Å². The molecule has 162 valence electrons. The van der Waals surface area contributed by atoms with Crippen LogP contribution >= 0.6 is 0 Å². The summed E-state index contributed by atoms with van der Waals surface area (Å²) in [5.41, 5.74) is 0.625. The van der Waals surface area contributed by atoms with E-state index in [0.717, 1.165) is 36.4 Å². The lowest BCUT2D eigenvalue weighted by molar-refractivity contribution is -0.132. The summed E-state index contributed by atoms with van der Waals surface area (Å²) in [5, 5.41) is 4.20. The molecule has 0 aliphatic carbocycles. The van der Waals surface area contributed by atoms with Gasteiger partial charge in [0.1, 0.15) is 11.5 Å². The first-order chi connectivity index (χ1) is 15.1. The van der Waals surface area contributed by atoms with Crippen molar-refractivity contribution >= 4 is 5.91 Å². The Morgan fingerprint density at radius 2 is 1.90 bits per heavy atom. The standard InChI is InChI=1S/C24H27N3O4/c1-24(23-25-21(31-26-23)16-30-20-7-4-3-5-8-20)13-6-14-27(17-24)22(28)15-18-9-11-19(29-2)12-10-18/h3-5,7-12H,6,13-17H2,1-2H3. The number of likely N-dealkylation sites (tertiary alicyclic amines) is 1. The minimum atomic E-state index is -0.345. The molecule has 4 rings (SSSR count). The Morgan fingerprint density at radius 3 is 2.65 bits per heavy atom. The maximum atomic E-state index is 12.9. The Bertz CT molecular complexity index is 1000. The molecule has 1 saturated heterocycles. The second-order valence-electron chi connectivity index (χ2n) is 8.12. The summed E-state index contributed by atoms with van der Waals surface area (Å²) >= 11 is 0.